The van der Waals surface area contributed by atoms with E-state index in [9.17, 15) is 9.59 Å². The van der Waals surface area contributed by atoms with Crippen molar-refractivity contribution in [1.29, 1.82) is 0 Å². The SMILES string of the molecule is COc1cc(Cl)cc(C(=O)N2CCN(C(=O)c3nnn(-c4ccccc4)n3)C(C)(C)C2)n1. The van der Waals surface area contributed by atoms with Crippen molar-refractivity contribution in [2.24, 2.45) is 0 Å². The van der Waals surface area contributed by atoms with Gasteiger partial charge < -0.3 is 14.5 Å². The second-order valence-electron chi connectivity index (χ2n) is 7.95. The molecule has 3 aromatic rings. The summed E-state index contributed by atoms with van der Waals surface area (Å²) in [5.41, 5.74) is 0.238. The van der Waals surface area contributed by atoms with Crippen LogP contribution in [0.15, 0.2) is 42.5 Å². The molecule has 166 valence electrons. The summed E-state index contributed by atoms with van der Waals surface area (Å²) in [7, 11) is 1.46. The van der Waals surface area contributed by atoms with Crippen molar-refractivity contribution < 1.29 is 14.3 Å². The van der Waals surface area contributed by atoms with Crippen molar-refractivity contribution >= 4 is 23.4 Å². The number of nitrogens with zero attached hydrogens (tertiary/aromatic N) is 7. The third-order valence-corrected chi connectivity index (χ3v) is 5.44. The Hall–Kier alpha value is -3.53. The minimum Gasteiger partial charge on any atom is -0.481 e. The molecule has 0 saturated carbocycles. The summed E-state index contributed by atoms with van der Waals surface area (Å²) < 4.78 is 5.10. The predicted octanol–water partition coefficient (Wildman–Crippen LogP) is 2.10. The van der Waals surface area contributed by atoms with Gasteiger partial charge in [-0.3, -0.25) is 9.59 Å². The molecule has 1 aromatic carbocycles. The van der Waals surface area contributed by atoms with Crippen molar-refractivity contribution in [2.45, 2.75) is 19.4 Å². The Morgan fingerprint density at radius 1 is 1.09 bits per heavy atom. The van der Waals surface area contributed by atoms with Crippen LogP contribution in [0.5, 0.6) is 5.88 Å². The van der Waals surface area contributed by atoms with E-state index in [1.54, 1.807) is 9.80 Å². The number of piperazine rings is 1. The van der Waals surface area contributed by atoms with Crippen LogP contribution >= 0.6 is 11.6 Å². The first kappa shape index (κ1) is 21.7. The minimum absolute atomic E-state index is 0.00273. The number of carbonyl (C=O) groups is 2. The van der Waals surface area contributed by atoms with Gasteiger partial charge in [0.2, 0.25) is 5.88 Å². The number of pyridine rings is 1. The van der Waals surface area contributed by atoms with Crippen LogP contribution in [0.25, 0.3) is 5.69 Å². The van der Waals surface area contributed by atoms with Crippen molar-refractivity contribution in [2.75, 3.05) is 26.7 Å². The molecule has 32 heavy (non-hydrogen) atoms. The number of benzene rings is 1. The van der Waals surface area contributed by atoms with Crippen molar-refractivity contribution in [3.05, 3.63) is 59.0 Å². The van der Waals surface area contributed by atoms with Crippen LogP contribution in [0.3, 0.4) is 0 Å². The number of rotatable bonds is 4. The van der Waals surface area contributed by atoms with Gasteiger partial charge in [-0.1, -0.05) is 29.8 Å². The Balaban J connectivity index is 1.50. The molecule has 1 fully saturated rings. The molecule has 1 aliphatic rings. The van der Waals surface area contributed by atoms with Gasteiger partial charge in [0.1, 0.15) is 5.69 Å². The molecule has 1 aliphatic heterocycles. The van der Waals surface area contributed by atoms with E-state index in [2.05, 4.69) is 20.4 Å². The quantitative estimate of drug-likeness (QED) is 0.593. The maximum Gasteiger partial charge on any atom is 0.296 e. The highest BCUT2D eigenvalue weighted by Crippen LogP contribution is 2.25. The van der Waals surface area contributed by atoms with E-state index in [1.165, 1.54) is 24.0 Å². The number of aromatic nitrogens is 5. The van der Waals surface area contributed by atoms with Crippen LogP contribution in [-0.2, 0) is 0 Å². The molecule has 0 radical (unpaired) electrons. The lowest BCUT2D eigenvalue weighted by Gasteiger charge is -2.46. The molecule has 0 atom stereocenters. The highest BCUT2D eigenvalue weighted by molar-refractivity contribution is 6.31. The first-order valence-electron chi connectivity index (χ1n) is 9.97. The van der Waals surface area contributed by atoms with E-state index in [0.29, 0.717) is 30.3 Å². The lowest BCUT2D eigenvalue weighted by Crippen LogP contribution is -2.62. The van der Waals surface area contributed by atoms with Crippen LogP contribution in [0.2, 0.25) is 5.02 Å². The third kappa shape index (κ3) is 4.26. The fraction of sp³-hybridized carbons (Fsp3) is 0.333. The molecular weight excluding hydrogens is 434 g/mol. The van der Waals surface area contributed by atoms with E-state index < -0.39 is 5.54 Å². The number of para-hydroxylation sites is 1. The van der Waals surface area contributed by atoms with Gasteiger partial charge in [-0.25, -0.2) is 4.98 Å². The van der Waals surface area contributed by atoms with Gasteiger partial charge in [-0.05, 0) is 37.3 Å². The first-order valence-corrected chi connectivity index (χ1v) is 10.3. The highest BCUT2D eigenvalue weighted by Gasteiger charge is 2.40. The van der Waals surface area contributed by atoms with Gasteiger partial charge in [0.05, 0.1) is 18.3 Å². The number of tetrazole rings is 1. The maximum atomic E-state index is 13.1. The molecule has 0 bridgehead atoms. The number of halogens is 1. The molecule has 0 spiro atoms. The van der Waals surface area contributed by atoms with E-state index in [-0.39, 0.29) is 29.2 Å². The summed E-state index contributed by atoms with van der Waals surface area (Å²) in [5, 5.41) is 12.5. The lowest BCUT2D eigenvalue weighted by atomic mass is 9.98. The zero-order chi connectivity index (χ0) is 22.9. The number of hydrogen-bond acceptors (Lipinski definition) is 7. The molecule has 2 amide bonds. The van der Waals surface area contributed by atoms with Gasteiger partial charge in [0, 0.05) is 30.7 Å². The van der Waals surface area contributed by atoms with Gasteiger partial charge >= 0.3 is 0 Å². The monoisotopic (exact) mass is 455 g/mol. The third-order valence-electron chi connectivity index (χ3n) is 5.22. The molecule has 10 nitrogen and oxygen atoms in total. The predicted molar refractivity (Wildman–Crippen MR) is 116 cm³/mol. The van der Waals surface area contributed by atoms with E-state index in [0.717, 1.165) is 0 Å². The van der Waals surface area contributed by atoms with E-state index >= 15 is 0 Å². The Morgan fingerprint density at radius 2 is 1.84 bits per heavy atom. The summed E-state index contributed by atoms with van der Waals surface area (Å²) in [5.74, 6) is -0.351. The minimum atomic E-state index is -0.661. The zero-order valence-electron chi connectivity index (χ0n) is 17.9. The molecule has 0 aliphatic carbocycles. The summed E-state index contributed by atoms with van der Waals surface area (Å²) in [6.45, 7) is 4.73. The first-order chi connectivity index (χ1) is 15.3. The topological polar surface area (TPSA) is 106 Å². The summed E-state index contributed by atoms with van der Waals surface area (Å²) in [6.07, 6.45) is 0. The molecular formula is C21H22ClN7O3. The lowest BCUT2D eigenvalue weighted by molar-refractivity contribution is 0.0158. The number of amides is 2. The van der Waals surface area contributed by atoms with E-state index in [4.69, 9.17) is 16.3 Å². The van der Waals surface area contributed by atoms with Crippen molar-refractivity contribution in [1.82, 2.24) is 35.0 Å². The molecule has 2 aromatic heterocycles. The maximum absolute atomic E-state index is 13.1. The second kappa shape index (κ2) is 8.54. The molecule has 3 heterocycles. The van der Waals surface area contributed by atoms with Crippen LogP contribution in [0.4, 0.5) is 0 Å². The Labute approximate surface area is 189 Å². The van der Waals surface area contributed by atoms with Crippen LogP contribution in [0, 0.1) is 0 Å². The average Bonchev–Trinajstić information content (AvgIpc) is 3.28. The van der Waals surface area contributed by atoms with E-state index in [1.807, 2.05) is 44.2 Å². The fourth-order valence-corrected chi connectivity index (χ4v) is 3.84. The van der Waals surface area contributed by atoms with Crippen molar-refractivity contribution in [3.8, 4) is 11.6 Å². The van der Waals surface area contributed by atoms with Gasteiger partial charge in [0.15, 0.2) is 0 Å². The molecule has 1 saturated heterocycles. The summed E-state index contributed by atoms with van der Waals surface area (Å²) >= 11 is 6.08. The molecule has 11 heteroatoms. The summed E-state index contributed by atoms with van der Waals surface area (Å²) in [6, 6.07) is 12.3. The largest absolute Gasteiger partial charge is 0.481 e. The summed E-state index contributed by atoms with van der Waals surface area (Å²) in [4.78, 5) is 35.0. The smallest absolute Gasteiger partial charge is 0.296 e. The molecule has 4 rings (SSSR count). The highest BCUT2D eigenvalue weighted by atomic mass is 35.5. The van der Waals surface area contributed by atoms with Crippen LogP contribution < -0.4 is 4.74 Å². The Morgan fingerprint density at radius 3 is 2.53 bits per heavy atom. The Kier molecular flexibility index (Phi) is 5.79. The number of methoxy groups -OCH3 is 1. The number of ether oxygens (including phenoxy) is 1. The van der Waals surface area contributed by atoms with Gasteiger partial charge in [-0.15, -0.1) is 15.0 Å². The van der Waals surface area contributed by atoms with Gasteiger partial charge in [0.25, 0.3) is 17.6 Å². The second-order valence-corrected chi connectivity index (χ2v) is 8.38. The van der Waals surface area contributed by atoms with Gasteiger partial charge in [-0.2, -0.15) is 0 Å². The van der Waals surface area contributed by atoms with Crippen LogP contribution in [0.1, 0.15) is 35.0 Å². The zero-order valence-corrected chi connectivity index (χ0v) is 18.7. The van der Waals surface area contributed by atoms with Crippen molar-refractivity contribution in [3.63, 3.8) is 0 Å². The standard InChI is InChI=1S/C21H22ClN7O3/c1-21(2)13-27(19(30)16-11-14(22)12-17(23-16)32-3)9-10-28(21)20(31)18-24-26-29(25-18)15-7-5-4-6-8-15/h4-8,11-12H,9-10,13H2,1-3H3. The fourth-order valence-electron chi connectivity index (χ4n) is 3.65. The molecule has 0 unspecified atom stereocenters. The Bertz CT molecular complexity index is 1150. The number of carbonyl (C=O) groups excluding carboxylic acids is 2. The van der Waals surface area contributed by atoms with Crippen LogP contribution in [-0.4, -0.2) is 79.1 Å². The average molecular weight is 456 g/mol. The normalized spacial score (nSPS) is 15.5. The molecule has 0 N–H and O–H groups in total. The number of hydrogen-bond donors (Lipinski definition) is 0.